The van der Waals surface area contributed by atoms with Crippen LogP contribution in [0, 0.1) is 11.8 Å². The standard InChI is InChI=1S/C16H18/c1-2-6-11(7-3-1)15-14-10-12-8-4-5-9-13(12)16(14)15/h1-3,6-7,14-16H,4-5,8-10H2/t14-,15-,16-/m1/s1. The highest BCUT2D eigenvalue weighted by molar-refractivity contribution is 5.43. The van der Waals surface area contributed by atoms with Crippen molar-refractivity contribution in [3.63, 3.8) is 0 Å². The third kappa shape index (κ3) is 1.16. The zero-order valence-corrected chi connectivity index (χ0v) is 9.65. The average molecular weight is 210 g/mol. The van der Waals surface area contributed by atoms with Gasteiger partial charge in [0, 0.05) is 0 Å². The van der Waals surface area contributed by atoms with Gasteiger partial charge in [0.05, 0.1) is 0 Å². The second kappa shape index (κ2) is 3.23. The predicted octanol–water partition coefficient (Wildman–Crippen LogP) is 4.29. The summed E-state index contributed by atoms with van der Waals surface area (Å²) in [5.74, 6) is 2.83. The molecule has 3 atom stereocenters. The number of benzene rings is 1. The lowest BCUT2D eigenvalue weighted by Gasteiger charge is -2.18. The van der Waals surface area contributed by atoms with Crippen LogP contribution in [0.15, 0.2) is 41.5 Å². The van der Waals surface area contributed by atoms with Crippen LogP contribution in [0.5, 0.6) is 0 Å². The van der Waals surface area contributed by atoms with Gasteiger partial charge in [-0.2, -0.15) is 0 Å². The number of hydrogen-bond acceptors (Lipinski definition) is 0. The van der Waals surface area contributed by atoms with Crippen LogP contribution < -0.4 is 0 Å². The summed E-state index contributed by atoms with van der Waals surface area (Å²) in [4.78, 5) is 0. The minimum atomic E-state index is 0.887. The van der Waals surface area contributed by atoms with Crippen LogP contribution >= 0.6 is 0 Å². The molecule has 3 aliphatic carbocycles. The Balaban J connectivity index is 1.63. The molecule has 0 aliphatic heterocycles. The van der Waals surface area contributed by atoms with Gasteiger partial charge in [0.15, 0.2) is 0 Å². The van der Waals surface area contributed by atoms with E-state index in [-0.39, 0.29) is 0 Å². The van der Waals surface area contributed by atoms with Crippen molar-refractivity contribution in [1.29, 1.82) is 0 Å². The molecular formula is C16H18. The minimum Gasteiger partial charge on any atom is -0.0704 e. The first-order valence-electron chi connectivity index (χ1n) is 6.71. The molecule has 0 unspecified atom stereocenters. The highest BCUT2D eigenvalue weighted by atomic mass is 14.6. The highest BCUT2D eigenvalue weighted by Crippen LogP contribution is 2.67. The van der Waals surface area contributed by atoms with E-state index in [2.05, 4.69) is 30.3 Å². The summed E-state index contributed by atoms with van der Waals surface area (Å²) >= 11 is 0. The van der Waals surface area contributed by atoms with E-state index in [0.29, 0.717) is 0 Å². The van der Waals surface area contributed by atoms with Crippen molar-refractivity contribution in [2.24, 2.45) is 11.8 Å². The molecule has 0 spiro atoms. The normalized spacial score (nSPS) is 35.9. The Morgan fingerprint density at radius 3 is 2.56 bits per heavy atom. The smallest absolute Gasteiger partial charge is 0.00559 e. The Hall–Kier alpha value is -1.04. The lowest BCUT2D eigenvalue weighted by molar-refractivity contribution is 0.638. The lowest BCUT2D eigenvalue weighted by atomic mass is 9.88. The zero-order chi connectivity index (χ0) is 10.5. The molecular weight excluding hydrogens is 192 g/mol. The molecule has 0 bridgehead atoms. The summed E-state index contributed by atoms with van der Waals surface area (Å²) < 4.78 is 0. The maximum Gasteiger partial charge on any atom is -0.00559 e. The van der Waals surface area contributed by atoms with Gasteiger partial charge in [0.25, 0.3) is 0 Å². The second-order valence-corrected chi connectivity index (χ2v) is 5.67. The van der Waals surface area contributed by atoms with E-state index in [0.717, 1.165) is 17.8 Å². The van der Waals surface area contributed by atoms with Crippen molar-refractivity contribution in [2.45, 2.75) is 38.0 Å². The third-order valence-corrected chi connectivity index (χ3v) is 4.87. The van der Waals surface area contributed by atoms with Gasteiger partial charge in [-0.1, -0.05) is 41.5 Å². The van der Waals surface area contributed by atoms with Gasteiger partial charge in [-0.05, 0) is 55.4 Å². The number of fused-ring (bicyclic) bond motifs is 2. The first-order valence-corrected chi connectivity index (χ1v) is 6.71. The topological polar surface area (TPSA) is 0 Å². The molecule has 1 saturated carbocycles. The molecule has 1 aromatic carbocycles. The maximum atomic E-state index is 2.33. The van der Waals surface area contributed by atoms with E-state index in [1.165, 1.54) is 32.1 Å². The Bertz CT molecular complexity index is 440. The number of allylic oxidation sites excluding steroid dienone is 2. The molecule has 1 aromatic rings. The van der Waals surface area contributed by atoms with Crippen molar-refractivity contribution in [2.75, 3.05) is 0 Å². The Morgan fingerprint density at radius 2 is 1.69 bits per heavy atom. The molecule has 0 saturated heterocycles. The van der Waals surface area contributed by atoms with E-state index >= 15 is 0 Å². The molecule has 0 heteroatoms. The van der Waals surface area contributed by atoms with Gasteiger partial charge in [0.2, 0.25) is 0 Å². The van der Waals surface area contributed by atoms with Gasteiger partial charge >= 0.3 is 0 Å². The van der Waals surface area contributed by atoms with Gasteiger partial charge in [-0.15, -0.1) is 0 Å². The van der Waals surface area contributed by atoms with E-state index in [4.69, 9.17) is 0 Å². The van der Waals surface area contributed by atoms with Crippen molar-refractivity contribution in [3.05, 3.63) is 47.0 Å². The first kappa shape index (κ1) is 9.04. The molecule has 0 aromatic heterocycles. The highest BCUT2D eigenvalue weighted by Gasteiger charge is 2.56. The largest absolute Gasteiger partial charge is 0.0704 e. The van der Waals surface area contributed by atoms with E-state index in [1.807, 2.05) is 11.1 Å². The Labute approximate surface area is 97.4 Å². The van der Waals surface area contributed by atoms with Crippen LogP contribution in [0.25, 0.3) is 0 Å². The monoisotopic (exact) mass is 210 g/mol. The summed E-state index contributed by atoms with van der Waals surface area (Å²) in [6, 6.07) is 11.2. The summed E-state index contributed by atoms with van der Waals surface area (Å²) in [6.45, 7) is 0. The van der Waals surface area contributed by atoms with Gasteiger partial charge in [-0.3, -0.25) is 0 Å². The third-order valence-electron chi connectivity index (χ3n) is 4.87. The lowest BCUT2D eigenvalue weighted by Crippen LogP contribution is -2.00. The fraction of sp³-hybridized carbons (Fsp3) is 0.500. The molecule has 16 heavy (non-hydrogen) atoms. The Morgan fingerprint density at radius 1 is 0.875 bits per heavy atom. The summed E-state index contributed by atoms with van der Waals surface area (Å²) in [5, 5.41) is 0. The van der Waals surface area contributed by atoms with Crippen LogP contribution in [0.2, 0.25) is 0 Å². The SMILES string of the molecule is c1ccc([C@@H]2[C@H]3CC4=C(CCCC4)[C@H]32)cc1. The van der Waals surface area contributed by atoms with Crippen LogP contribution in [0.1, 0.15) is 43.6 Å². The number of rotatable bonds is 1. The molecule has 1 fully saturated rings. The summed E-state index contributed by atoms with van der Waals surface area (Å²) in [7, 11) is 0. The van der Waals surface area contributed by atoms with Crippen LogP contribution in [-0.2, 0) is 0 Å². The van der Waals surface area contributed by atoms with E-state index in [1.54, 1.807) is 5.56 Å². The van der Waals surface area contributed by atoms with Crippen molar-refractivity contribution in [1.82, 2.24) is 0 Å². The fourth-order valence-electron chi connectivity index (χ4n) is 4.14. The molecule has 0 nitrogen and oxygen atoms in total. The average Bonchev–Trinajstić information content (AvgIpc) is 2.94. The van der Waals surface area contributed by atoms with E-state index in [9.17, 15) is 0 Å². The van der Waals surface area contributed by atoms with Gasteiger partial charge in [0.1, 0.15) is 0 Å². The van der Waals surface area contributed by atoms with Crippen LogP contribution in [-0.4, -0.2) is 0 Å². The number of hydrogen-bond donors (Lipinski definition) is 0. The quantitative estimate of drug-likeness (QED) is 0.606. The maximum absolute atomic E-state index is 2.33. The molecule has 3 aliphatic rings. The van der Waals surface area contributed by atoms with Crippen molar-refractivity contribution < 1.29 is 0 Å². The molecule has 0 N–H and O–H groups in total. The molecule has 82 valence electrons. The van der Waals surface area contributed by atoms with Gasteiger partial charge in [-0.25, -0.2) is 0 Å². The second-order valence-electron chi connectivity index (χ2n) is 5.67. The molecule has 4 rings (SSSR count). The van der Waals surface area contributed by atoms with Crippen LogP contribution in [0.4, 0.5) is 0 Å². The van der Waals surface area contributed by atoms with Crippen molar-refractivity contribution in [3.8, 4) is 0 Å². The molecule has 0 heterocycles. The van der Waals surface area contributed by atoms with Crippen LogP contribution in [0.3, 0.4) is 0 Å². The zero-order valence-electron chi connectivity index (χ0n) is 9.65. The van der Waals surface area contributed by atoms with Crippen molar-refractivity contribution >= 4 is 0 Å². The first-order chi connectivity index (χ1) is 7.95. The minimum absolute atomic E-state index is 0.887. The summed E-state index contributed by atoms with van der Waals surface area (Å²) in [5.41, 5.74) is 5.33. The van der Waals surface area contributed by atoms with E-state index < -0.39 is 0 Å². The molecule has 0 amide bonds. The predicted molar refractivity (Wildman–Crippen MR) is 66.3 cm³/mol. The fourth-order valence-corrected chi connectivity index (χ4v) is 4.14. The Kier molecular flexibility index (Phi) is 1.82. The molecule has 0 radical (unpaired) electrons. The van der Waals surface area contributed by atoms with Gasteiger partial charge < -0.3 is 0 Å². The summed E-state index contributed by atoms with van der Waals surface area (Å²) in [6.07, 6.45) is 7.17.